The van der Waals surface area contributed by atoms with Crippen molar-refractivity contribution in [1.82, 2.24) is 0 Å². The summed E-state index contributed by atoms with van der Waals surface area (Å²) < 4.78 is 4.93. The minimum absolute atomic E-state index is 0.251. The summed E-state index contributed by atoms with van der Waals surface area (Å²) in [6.07, 6.45) is 1.23. The van der Waals surface area contributed by atoms with Crippen molar-refractivity contribution < 1.29 is 9.53 Å². The van der Waals surface area contributed by atoms with Crippen molar-refractivity contribution in [3.63, 3.8) is 0 Å². The molecule has 1 aromatic carbocycles. The number of hydrogen-bond donors (Lipinski definition) is 0. The van der Waals surface area contributed by atoms with Gasteiger partial charge < -0.3 is 4.74 Å². The van der Waals surface area contributed by atoms with E-state index in [0.717, 1.165) is 17.3 Å². The van der Waals surface area contributed by atoms with Gasteiger partial charge in [-0.1, -0.05) is 30.3 Å². The van der Waals surface area contributed by atoms with Crippen molar-refractivity contribution in [3.8, 4) is 5.40 Å². The number of rotatable bonds is 4. The number of carbonyl (C=O) groups is 1. The van der Waals surface area contributed by atoms with Crippen LogP contribution in [0.5, 0.6) is 0 Å². The molecule has 0 aliphatic heterocycles. The van der Waals surface area contributed by atoms with Crippen LogP contribution in [0.15, 0.2) is 41.8 Å². The van der Waals surface area contributed by atoms with Gasteiger partial charge in [0.15, 0.2) is 0 Å². The number of nitrogens with zero attached hydrogens (tertiary/aromatic N) is 1. The van der Waals surface area contributed by atoms with Crippen molar-refractivity contribution >= 4 is 17.7 Å². The highest BCUT2D eigenvalue weighted by atomic mass is 32.2. The average molecular weight is 219 g/mol. The topological polar surface area (TPSA) is 50.1 Å². The Labute approximate surface area is 92.4 Å². The van der Waals surface area contributed by atoms with Crippen LogP contribution in [0.3, 0.4) is 0 Å². The van der Waals surface area contributed by atoms with Gasteiger partial charge in [0.05, 0.1) is 0 Å². The fraction of sp³-hybridized carbons (Fsp3) is 0.0909. The van der Waals surface area contributed by atoms with Gasteiger partial charge in [0.1, 0.15) is 12.0 Å². The summed E-state index contributed by atoms with van der Waals surface area (Å²) in [7, 11) is 0. The van der Waals surface area contributed by atoms with Gasteiger partial charge in [0.25, 0.3) is 0 Å². The van der Waals surface area contributed by atoms with E-state index in [2.05, 4.69) is 0 Å². The van der Waals surface area contributed by atoms with E-state index in [4.69, 9.17) is 10.00 Å². The van der Waals surface area contributed by atoms with Crippen LogP contribution >= 0.6 is 11.8 Å². The minimum Gasteiger partial charge on any atom is -0.458 e. The Kier molecular flexibility index (Phi) is 5.06. The number of hydrogen-bond acceptors (Lipinski definition) is 4. The Morgan fingerprint density at radius 3 is 2.87 bits per heavy atom. The number of thiocyanates is 1. The fourth-order valence-electron chi connectivity index (χ4n) is 0.897. The van der Waals surface area contributed by atoms with Crippen LogP contribution < -0.4 is 0 Å². The summed E-state index contributed by atoms with van der Waals surface area (Å²) in [6, 6.07) is 9.41. The maximum atomic E-state index is 11.1. The molecule has 4 heteroatoms. The highest BCUT2D eigenvalue weighted by Crippen LogP contribution is 2.02. The summed E-state index contributed by atoms with van der Waals surface area (Å²) >= 11 is 0.882. The molecule has 0 bridgehead atoms. The molecular weight excluding hydrogens is 210 g/mol. The third-order valence-electron chi connectivity index (χ3n) is 1.55. The molecule has 0 aliphatic carbocycles. The standard InChI is InChI=1S/C11H9NO2S/c12-9-15-7-6-11(13)14-8-10-4-2-1-3-5-10/h1-7H,8H2/b7-6-. The second-order valence-corrected chi connectivity index (χ2v) is 3.30. The number of thioether (sulfide) groups is 1. The van der Waals surface area contributed by atoms with E-state index in [1.807, 2.05) is 35.7 Å². The highest BCUT2D eigenvalue weighted by Gasteiger charge is 1.97. The summed E-state index contributed by atoms with van der Waals surface area (Å²) in [4.78, 5) is 11.1. The molecule has 1 aromatic rings. The Hall–Kier alpha value is -1.73. The molecular formula is C11H9NO2S. The zero-order chi connectivity index (χ0) is 10.9. The van der Waals surface area contributed by atoms with Gasteiger partial charge in [-0.3, -0.25) is 0 Å². The Bertz CT molecular complexity index is 381. The molecule has 0 fully saturated rings. The van der Waals surface area contributed by atoms with E-state index in [9.17, 15) is 4.79 Å². The monoisotopic (exact) mass is 219 g/mol. The van der Waals surface area contributed by atoms with E-state index in [0.29, 0.717) is 0 Å². The largest absolute Gasteiger partial charge is 0.458 e. The van der Waals surface area contributed by atoms with Gasteiger partial charge in [0.2, 0.25) is 0 Å². The van der Waals surface area contributed by atoms with Gasteiger partial charge in [-0.25, -0.2) is 4.79 Å². The molecule has 1 rings (SSSR count). The van der Waals surface area contributed by atoms with E-state index < -0.39 is 5.97 Å². The zero-order valence-corrected chi connectivity index (χ0v) is 8.74. The van der Waals surface area contributed by atoms with E-state index >= 15 is 0 Å². The third-order valence-corrected chi connectivity index (χ3v) is 1.93. The Balaban J connectivity index is 2.32. The normalized spacial score (nSPS) is 9.80. The second kappa shape index (κ2) is 6.68. The maximum absolute atomic E-state index is 11.1. The van der Waals surface area contributed by atoms with Crippen LogP contribution in [0.25, 0.3) is 0 Å². The first-order valence-corrected chi connectivity index (χ1v) is 5.13. The minimum atomic E-state index is -0.443. The van der Waals surface area contributed by atoms with Crippen LogP contribution in [0.4, 0.5) is 0 Å². The van der Waals surface area contributed by atoms with Crippen LogP contribution in [-0.4, -0.2) is 5.97 Å². The molecule has 0 amide bonds. The van der Waals surface area contributed by atoms with Crippen molar-refractivity contribution in [2.24, 2.45) is 0 Å². The molecule has 15 heavy (non-hydrogen) atoms. The molecule has 0 aromatic heterocycles. The number of esters is 1. The SMILES string of the molecule is N#CS/C=C\C(=O)OCc1ccccc1. The number of nitriles is 1. The van der Waals surface area contributed by atoms with Gasteiger partial charge in [-0.15, -0.1) is 0 Å². The molecule has 3 nitrogen and oxygen atoms in total. The molecule has 0 saturated carbocycles. The van der Waals surface area contributed by atoms with E-state index in [-0.39, 0.29) is 6.61 Å². The van der Waals surface area contributed by atoms with Gasteiger partial charge in [0, 0.05) is 6.08 Å². The van der Waals surface area contributed by atoms with Crippen molar-refractivity contribution in [2.45, 2.75) is 6.61 Å². The predicted octanol–water partition coefficient (Wildman–Crippen LogP) is 2.46. The molecule has 0 aliphatic rings. The van der Waals surface area contributed by atoms with Crippen molar-refractivity contribution in [3.05, 3.63) is 47.4 Å². The second-order valence-electron chi connectivity index (χ2n) is 2.61. The summed E-state index contributed by atoms with van der Waals surface area (Å²) in [5, 5.41) is 11.4. The summed E-state index contributed by atoms with van der Waals surface area (Å²) in [6.45, 7) is 0.251. The van der Waals surface area contributed by atoms with Crippen LogP contribution in [-0.2, 0) is 16.1 Å². The van der Waals surface area contributed by atoms with Crippen LogP contribution in [0, 0.1) is 10.7 Å². The highest BCUT2D eigenvalue weighted by molar-refractivity contribution is 8.06. The maximum Gasteiger partial charge on any atom is 0.331 e. The molecule has 0 saturated heterocycles. The number of ether oxygens (including phenoxy) is 1. The molecule has 0 N–H and O–H groups in total. The molecule has 0 spiro atoms. The Morgan fingerprint density at radius 1 is 1.47 bits per heavy atom. The lowest BCUT2D eigenvalue weighted by atomic mass is 10.2. The first-order valence-electron chi connectivity index (χ1n) is 4.25. The van der Waals surface area contributed by atoms with Crippen molar-refractivity contribution in [2.75, 3.05) is 0 Å². The van der Waals surface area contributed by atoms with E-state index in [1.165, 1.54) is 11.5 Å². The summed E-state index contributed by atoms with van der Waals surface area (Å²) in [5.74, 6) is -0.443. The lowest BCUT2D eigenvalue weighted by Crippen LogP contribution is -2.00. The van der Waals surface area contributed by atoms with Crippen LogP contribution in [0.2, 0.25) is 0 Å². The quantitative estimate of drug-likeness (QED) is 0.443. The number of carbonyl (C=O) groups excluding carboxylic acids is 1. The molecule has 76 valence electrons. The first-order chi connectivity index (χ1) is 7.33. The summed E-state index contributed by atoms with van der Waals surface area (Å²) in [5.41, 5.74) is 0.937. The third kappa shape index (κ3) is 4.89. The lowest BCUT2D eigenvalue weighted by Gasteiger charge is -2.00. The zero-order valence-electron chi connectivity index (χ0n) is 7.92. The number of benzene rings is 1. The average Bonchev–Trinajstić information content (AvgIpc) is 2.28. The molecule has 0 heterocycles. The smallest absolute Gasteiger partial charge is 0.331 e. The molecule has 0 atom stereocenters. The van der Waals surface area contributed by atoms with Crippen LogP contribution in [0.1, 0.15) is 5.56 Å². The first kappa shape index (κ1) is 11.3. The fourth-order valence-corrected chi connectivity index (χ4v) is 1.14. The Morgan fingerprint density at radius 2 is 2.20 bits per heavy atom. The van der Waals surface area contributed by atoms with Gasteiger partial charge in [-0.2, -0.15) is 5.26 Å². The molecule has 0 radical (unpaired) electrons. The van der Waals surface area contributed by atoms with Gasteiger partial charge in [-0.05, 0) is 22.7 Å². The van der Waals surface area contributed by atoms with E-state index in [1.54, 1.807) is 0 Å². The molecule has 0 unspecified atom stereocenters. The predicted molar refractivity (Wildman–Crippen MR) is 58.6 cm³/mol. The van der Waals surface area contributed by atoms with Gasteiger partial charge >= 0.3 is 5.97 Å². The van der Waals surface area contributed by atoms with Crippen molar-refractivity contribution in [1.29, 1.82) is 5.26 Å². The lowest BCUT2D eigenvalue weighted by molar-refractivity contribution is -0.138.